The maximum absolute atomic E-state index is 12.5. The van der Waals surface area contributed by atoms with Gasteiger partial charge < -0.3 is 15.1 Å². The van der Waals surface area contributed by atoms with Gasteiger partial charge in [-0.2, -0.15) is 0 Å². The van der Waals surface area contributed by atoms with E-state index in [4.69, 9.17) is 0 Å². The van der Waals surface area contributed by atoms with E-state index in [1.54, 1.807) is 0 Å². The Kier molecular flexibility index (Phi) is 7.34. The van der Waals surface area contributed by atoms with E-state index in [1.807, 2.05) is 18.9 Å². The average molecular weight is 344 g/mol. The number of piperidine rings is 1. The molecule has 0 radical (unpaired) electrons. The van der Waals surface area contributed by atoms with Gasteiger partial charge in [0.1, 0.15) is 0 Å². The van der Waals surface area contributed by atoms with Crippen LogP contribution in [0.3, 0.4) is 0 Å². The second kappa shape index (κ2) is 9.02. The van der Waals surface area contributed by atoms with E-state index < -0.39 is 10.8 Å². The lowest BCUT2D eigenvalue weighted by molar-refractivity contribution is 0.160. The summed E-state index contributed by atoms with van der Waals surface area (Å²) in [6, 6.07) is 0.0803. The van der Waals surface area contributed by atoms with Crippen molar-refractivity contribution in [2.45, 2.75) is 56.7 Å². The van der Waals surface area contributed by atoms with E-state index in [-0.39, 0.29) is 17.3 Å². The van der Waals surface area contributed by atoms with Crippen molar-refractivity contribution in [2.24, 2.45) is 5.92 Å². The van der Waals surface area contributed by atoms with Crippen LogP contribution in [0.25, 0.3) is 0 Å². The molecule has 23 heavy (non-hydrogen) atoms. The van der Waals surface area contributed by atoms with Crippen molar-refractivity contribution in [1.82, 2.24) is 15.1 Å². The largest absolute Gasteiger partial charge is 0.334 e. The zero-order chi connectivity index (χ0) is 16.8. The summed E-state index contributed by atoms with van der Waals surface area (Å²) >= 11 is 0. The molecule has 0 aromatic carbocycles. The van der Waals surface area contributed by atoms with Crippen LogP contribution in [0, 0.1) is 5.92 Å². The third-order valence-electron chi connectivity index (χ3n) is 5.23. The molecule has 1 saturated heterocycles. The number of urea groups is 1. The van der Waals surface area contributed by atoms with Gasteiger partial charge in [-0.3, -0.25) is 4.21 Å². The summed E-state index contributed by atoms with van der Waals surface area (Å²) in [5.41, 5.74) is 0. The Morgan fingerprint density at radius 2 is 2.00 bits per heavy atom. The van der Waals surface area contributed by atoms with Crippen molar-refractivity contribution in [3.05, 3.63) is 0 Å². The molecular weight excluding hydrogens is 310 g/mol. The monoisotopic (exact) mass is 343 g/mol. The van der Waals surface area contributed by atoms with E-state index >= 15 is 0 Å². The molecule has 2 aliphatic rings. The van der Waals surface area contributed by atoms with Gasteiger partial charge in [0.2, 0.25) is 0 Å². The van der Waals surface area contributed by atoms with E-state index in [9.17, 15) is 9.00 Å². The molecule has 1 saturated carbocycles. The molecule has 5 nitrogen and oxygen atoms in total. The van der Waals surface area contributed by atoms with Gasteiger partial charge in [0, 0.05) is 42.7 Å². The van der Waals surface area contributed by atoms with Crippen LogP contribution >= 0.6 is 0 Å². The van der Waals surface area contributed by atoms with Crippen molar-refractivity contribution in [3.8, 4) is 0 Å². The summed E-state index contributed by atoms with van der Waals surface area (Å²) in [5, 5.41) is 3.30. The second-order valence-electron chi connectivity index (χ2n) is 7.20. The van der Waals surface area contributed by atoms with Gasteiger partial charge in [-0.05, 0) is 45.2 Å². The van der Waals surface area contributed by atoms with Crippen molar-refractivity contribution >= 4 is 16.8 Å². The van der Waals surface area contributed by atoms with Gasteiger partial charge in [-0.25, -0.2) is 4.79 Å². The van der Waals surface area contributed by atoms with Crippen LogP contribution in [-0.2, 0) is 10.8 Å². The predicted molar refractivity (Wildman–Crippen MR) is 96.1 cm³/mol. The highest BCUT2D eigenvalue weighted by atomic mass is 32.2. The van der Waals surface area contributed by atoms with Gasteiger partial charge in [0.15, 0.2) is 0 Å². The van der Waals surface area contributed by atoms with Crippen molar-refractivity contribution in [1.29, 1.82) is 0 Å². The topological polar surface area (TPSA) is 52.7 Å². The normalized spacial score (nSPS) is 30.7. The molecule has 0 aromatic heterocycles. The van der Waals surface area contributed by atoms with Crippen LogP contribution in [0.4, 0.5) is 4.79 Å². The first kappa shape index (κ1) is 18.7. The average Bonchev–Trinajstić information content (AvgIpc) is 2.54. The first-order chi connectivity index (χ1) is 11.0. The quantitative estimate of drug-likeness (QED) is 0.831. The Morgan fingerprint density at radius 3 is 2.70 bits per heavy atom. The summed E-state index contributed by atoms with van der Waals surface area (Å²) in [4.78, 5) is 16.7. The van der Waals surface area contributed by atoms with E-state index in [0.29, 0.717) is 11.7 Å². The van der Waals surface area contributed by atoms with Gasteiger partial charge >= 0.3 is 6.03 Å². The smallest absolute Gasteiger partial charge is 0.317 e. The number of likely N-dealkylation sites (tertiary alicyclic amines) is 1. The maximum Gasteiger partial charge on any atom is 0.317 e. The minimum Gasteiger partial charge on any atom is -0.334 e. The lowest BCUT2D eigenvalue weighted by Gasteiger charge is -2.35. The zero-order valence-corrected chi connectivity index (χ0v) is 15.7. The molecule has 4 atom stereocenters. The highest BCUT2D eigenvalue weighted by Gasteiger charge is 2.31. The third-order valence-corrected chi connectivity index (χ3v) is 7.04. The lowest BCUT2D eigenvalue weighted by Crippen LogP contribution is -2.52. The van der Waals surface area contributed by atoms with Crippen LogP contribution in [-0.4, -0.2) is 70.8 Å². The number of carbonyl (C=O) groups is 1. The fraction of sp³-hybridized carbons (Fsp3) is 0.941. The molecule has 134 valence electrons. The molecule has 1 aliphatic heterocycles. The Bertz CT molecular complexity index is 419. The molecular formula is C17H33N3O2S. The molecule has 0 bridgehead atoms. The Morgan fingerprint density at radius 1 is 1.26 bits per heavy atom. The molecule has 1 heterocycles. The number of nitrogens with one attached hydrogen (secondary N) is 1. The fourth-order valence-electron chi connectivity index (χ4n) is 3.95. The number of hydrogen-bond acceptors (Lipinski definition) is 3. The zero-order valence-electron chi connectivity index (χ0n) is 14.9. The van der Waals surface area contributed by atoms with E-state index in [0.717, 1.165) is 38.8 Å². The Labute approximate surface area is 143 Å². The maximum atomic E-state index is 12.5. The van der Waals surface area contributed by atoms with E-state index in [1.165, 1.54) is 19.4 Å². The highest BCUT2D eigenvalue weighted by Crippen LogP contribution is 2.23. The Hall–Kier alpha value is -0.620. The van der Waals surface area contributed by atoms with Gasteiger partial charge in [0.25, 0.3) is 0 Å². The van der Waals surface area contributed by atoms with Crippen LogP contribution in [0.15, 0.2) is 0 Å². The molecule has 1 N–H and O–H groups in total. The number of rotatable bonds is 5. The summed E-state index contributed by atoms with van der Waals surface area (Å²) in [5.74, 6) is 1.25. The SMILES string of the molecule is CC[S@](=O)[C@@H]1CCCC[C@H]1NC(=O)N(C)C[C@@H]1CCCN(C)C1. The summed E-state index contributed by atoms with van der Waals surface area (Å²) in [7, 11) is 3.22. The third kappa shape index (κ3) is 5.45. The highest BCUT2D eigenvalue weighted by molar-refractivity contribution is 7.85. The first-order valence-electron chi connectivity index (χ1n) is 9.08. The Balaban J connectivity index is 1.85. The van der Waals surface area contributed by atoms with Crippen LogP contribution < -0.4 is 5.32 Å². The predicted octanol–water partition coefficient (Wildman–Crippen LogP) is 2.05. The molecule has 0 unspecified atom stereocenters. The molecule has 2 rings (SSSR count). The second-order valence-corrected chi connectivity index (χ2v) is 9.14. The van der Waals surface area contributed by atoms with Gasteiger partial charge in [-0.1, -0.05) is 19.8 Å². The summed E-state index contributed by atoms with van der Waals surface area (Å²) in [6.07, 6.45) is 6.61. The van der Waals surface area contributed by atoms with Gasteiger partial charge in [-0.15, -0.1) is 0 Å². The molecule has 0 aromatic rings. The number of amides is 2. The number of carbonyl (C=O) groups excluding carboxylic acids is 1. The molecule has 2 fully saturated rings. The minimum absolute atomic E-state index is 0.00299. The van der Waals surface area contributed by atoms with Crippen molar-refractivity contribution in [3.63, 3.8) is 0 Å². The molecule has 2 amide bonds. The van der Waals surface area contributed by atoms with Crippen molar-refractivity contribution in [2.75, 3.05) is 39.5 Å². The number of nitrogens with zero attached hydrogens (tertiary/aromatic N) is 2. The minimum atomic E-state index is -0.824. The fourth-order valence-corrected chi connectivity index (χ4v) is 5.38. The summed E-state index contributed by atoms with van der Waals surface area (Å²) < 4.78 is 12.2. The number of hydrogen-bond donors (Lipinski definition) is 1. The molecule has 1 aliphatic carbocycles. The van der Waals surface area contributed by atoms with Crippen LogP contribution in [0.2, 0.25) is 0 Å². The lowest BCUT2D eigenvalue weighted by atomic mass is 9.95. The van der Waals surface area contributed by atoms with E-state index in [2.05, 4.69) is 17.3 Å². The standard InChI is InChI=1S/C17H33N3O2S/c1-4-23(22)16-10-6-5-9-15(16)18-17(21)20(3)13-14-8-7-11-19(2)12-14/h14-16H,4-13H2,1-3H3,(H,18,21)/t14-,15-,16-,23+/m1/s1. The van der Waals surface area contributed by atoms with Crippen LogP contribution in [0.1, 0.15) is 45.4 Å². The summed E-state index contributed by atoms with van der Waals surface area (Å²) in [6.45, 7) is 5.02. The molecule has 6 heteroatoms. The first-order valence-corrected chi connectivity index (χ1v) is 10.5. The molecule has 0 spiro atoms. The van der Waals surface area contributed by atoms with Crippen molar-refractivity contribution < 1.29 is 9.00 Å². The van der Waals surface area contributed by atoms with Gasteiger partial charge in [0.05, 0.1) is 5.25 Å². The van der Waals surface area contributed by atoms with Crippen LogP contribution in [0.5, 0.6) is 0 Å².